The molecule has 13 heteroatoms. The molecule has 2 N–H and O–H groups in total. The van der Waals surface area contributed by atoms with E-state index < -0.39 is 10.0 Å². The molecule has 2 aromatic heterocycles. The predicted molar refractivity (Wildman–Crippen MR) is 150 cm³/mol. The summed E-state index contributed by atoms with van der Waals surface area (Å²) in [6.45, 7) is 0. The number of sulfonamides is 1. The predicted octanol–water partition coefficient (Wildman–Crippen LogP) is 4.91. The van der Waals surface area contributed by atoms with Gasteiger partial charge < -0.3 is 5.32 Å². The zero-order chi connectivity index (χ0) is 27.2. The number of carbonyl (C=O) groups excluding carboxylic acids is 1. The highest BCUT2D eigenvalue weighted by Crippen LogP contribution is 2.28. The van der Waals surface area contributed by atoms with Gasteiger partial charge in [-0.25, -0.2) is 8.42 Å². The van der Waals surface area contributed by atoms with E-state index in [1.54, 1.807) is 0 Å². The standard InChI is InChI=1S/C26H20ClN7O3S2/c27-22-15-16-23(30-29-22)33-39(36,37)21-13-11-19(12-14-21)28-24(35)17-38-26-32-31-25(18-7-3-1-4-8-18)34(26)20-9-5-2-6-10-20/h1-16H,17H2,(H,28,35)(H,30,33). The number of anilines is 2. The third-order valence-electron chi connectivity index (χ3n) is 5.33. The summed E-state index contributed by atoms with van der Waals surface area (Å²) in [6, 6.07) is 28.0. The van der Waals surface area contributed by atoms with Crippen molar-refractivity contribution in [2.24, 2.45) is 0 Å². The van der Waals surface area contributed by atoms with Gasteiger partial charge in [-0.05, 0) is 48.5 Å². The smallest absolute Gasteiger partial charge is 0.263 e. The van der Waals surface area contributed by atoms with Gasteiger partial charge in [0.05, 0.1) is 10.6 Å². The molecule has 5 aromatic rings. The first-order valence-electron chi connectivity index (χ1n) is 11.5. The molecule has 0 aliphatic heterocycles. The zero-order valence-corrected chi connectivity index (χ0v) is 22.5. The molecule has 10 nitrogen and oxygen atoms in total. The summed E-state index contributed by atoms with van der Waals surface area (Å²) in [4.78, 5) is 12.7. The minimum absolute atomic E-state index is 0.00368. The van der Waals surface area contributed by atoms with Gasteiger partial charge in [0.25, 0.3) is 10.0 Å². The highest BCUT2D eigenvalue weighted by atomic mass is 35.5. The van der Waals surface area contributed by atoms with Crippen LogP contribution in [0.15, 0.2) is 107 Å². The Hall–Kier alpha value is -4.26. The molecule has 0 atom stereocenters. The lowest BCUT2D eigenvalue weighted by Gasteiger charge is -2.11. The van der Waals surface area contributed by atoms with Crippen molar-refractivity contribution in [2.45, 2.75) is 10.1 Å². The second-order valence-electron chi connectivity index (χ2n) is 8.05. The second kappa shape index (κ2) is 11.6. The Balaban J connectivity index is 1.26. The number of para-hydroxylation sites is 1. The molecule has 2 heterocycles. The number of hydrogen-bond acceptors (Lipinski definition) is 8. The number of nitrogens with zero attached hydrogens (tertiary/aromatic N) is 5. The van der Waals surface area contributed by atoms with Crippen molar-refractivity contribution >= 4 is 50.8 Å². The molecule has 0 spiro atoms. The van der Waals surface area contributed by atoms with E-state index in [1.165, 1.54) is 48.2 Å². The monoisotopic (exact) mass is 577 g/mol. The minimum atomic E-state index is -3.90. The van der Waals surface area contributed by atoms with Crippen LogP contribution in [0.2, 0.25) is 5.15 Å². The fourth-order valence-electron chi connectivity index (χ4n) is 3.56. The Kier molecular flexibility index (Phi) is 7.87. The molecule has 0 unspecified atom stereocenters. The van der Waals surface area contributed by atoms with E-state index in [1.807, 2.05) is 65.2 Å². The van der Waals surface area contributed by atoms with Crippen molar-refractivity contribution in [3.05, 3.63) is 102 Å². The lowest BCUT2D eigenvalue weighted by Crippen LogP contribution is -2.16. The molecule has 0 fully saturated rings. The molecule has 1 amide bonds. The molecule has 0 aliphatic carbocycles. The molecule has 5 rings (SSSR count). The average Bonchev–Trinajstić information content (AvgIpc) is 3.38. The van der Waals surface area contributed by atoms with E-state index in [-0.39, 0.29) is 27.5 Å². The molecule has 196 valence electrons. The van der Waals surface area contributed by atoms with Gasteiger partial charge in [0.15, 0.2) is 22.0 Å². The Labute approximate surface area is 233 Å². The van der Waals surface area contributed by atoms with E-state index in [0.717, 1.165) is 11.3 Å². The van der Waals surface area contributed by atoms with Crippen molar-refractivity contribution in [1.29, 1.82) is 0 Å². The van der Waals surface area contributed by atoms with E-state index in [2.05, 4.69) is 30.4 Å². The number of benzene rings is 3. The highest BCUT2D eigenvalue weighted by Gasteiger charge is 2.18. The van der Waals surface area contributed by atoms with E-state index >= 15 is 0 Å². The third-order valence-corrected chi connectivity index (χ3v) is 7.83. The van der Waals surface area contributed by atoms with Crippen molar-refractivity contribution in [2.75, 3.05) is 15.8 Å². The van der Waals surface area contributed by atoms with Crippen LogP contribution in [0, 0.1) is 0 Å². The first kappa shape index (κ1) is 26.4. The third kappa shape index (κ3) is 6.42. The maximum Gasteiger partial charge on any atom is 0.263 e. The van der Waals surface area contributed by atoms with E-state index in [0.29, 0.717) is 16.7 Å². The molecule has 0 radical (unpaired) electrons. The number of thioether (sulfide) groups is 1. The van der Waals surface area contributed by atoms with Crippen LogP contribution < -0.4 is 10.0 Å². The molecule has 0 aliphatic rings. The van der Waals surface area contributed by atoms with E-state index in [9.17, 15) is 13.2 Å². The van der Waals surface area contributed by atoms with Crippen molar-refractivity contribution in [1.82, 2.24) is 25.0 Å². The van der Waals surface area contributed by atoms with Crippen molar-refractivity contribution < 1.29 is 13.2 Å². The van der Waals surface area contributed by atoms with Gasteiger partial charge in [-0.1, -0.05) is 71.9 Å². The first-order valence-corrected chi connectivity index (χ1v) is 14.3. The number of aromatic nitrogens is 5. The molecule has 0 saturated carbocycles. The van der Waals surface area contributed by atoms with Gasteiger partial charge in [-0.15, -0.1) is 20.4 Å². The number of rotatable bonds is 9. The lowest BCUT2D eigenvalue weighted by atomic mass is 10.2. The van der Waals surface area contributed by atoms with Crippen molar-refractivity contribution in [3.63, 3.8) is 0 Å². The number of hydrogen-bond donors (Lipinski definition) is 2. The normalized spacial score (nSPS) is 11.2. The molecule has 0 saturated heterocycles. The van der Waals surface area contributed by atoms with Gasteiger partial charge in [-0.3, -0.25) is 14.1 Å². The molecule has 3 aromatic carbocycles. The molecule has 39 heavy (non-hydrogen) atoms. The SMILES string of the molecule is O=C(CSc1nnc(-c2ccccc2)n1-c1ccccc1)Nc1ccc(S(=O)(=O)Nc2ccc(Cl)nn2)cc1. The fourth-order valence-corrected chi connectivity index (χ4v) is 5.41. The van der Waals surface area contributed by atoms with Crippen LogP contribution in [0.1, 0.15) is 0 Å². The van der Waals surface area contributed by atoms with Crippen LogP contribution in [0.3, 0.4) is 0 Å². The van der Waals surface area contributed by atoms with Gasteiger partial charge in [-0.2, -0.15) is 0 Å². The molecular formula is C26H20ClN7O3S2. The zero-order valence-electron chi connectivity index (χ0n) is 20.1. The number of nitrogens with one attached hydrogen (secondary N) is 2. The maximum atomic E-state index is 12.7. The van der Waals surface area contributed by atoms with Gasteiger partial charge in [0.1, 0.15) is 0 Å². The van der Waals surface area contributed by atoms with Crippen molar-refractivity contribution in [3.8, 4) is 17.1 Å². The summed E-state index contributed by atoms with van der Waals surface area (Å²) in [7, 11) is -3.90. The Morgan fingerprint density at radius 3 is 2.18 bits per heavy atom. The Bertz CT molecular complexity index is 1680. The van der Waals surface area contributed by atoms with Crippen LogP contribution in [0.25, 0.3) is 17.1 Å². The molecule has 0 bridgehead atoms. The fraction of sp³-hybridized carbons (Fsp3) is 0.0385. The lowest BCUT2D eigenvalue weighted by molar-refractivity contribution is -0.113. The Morgan fingerprint density at radius 1 is 0.821 bits per heavy atom. The summed E-state index contributed by atoms with van der Waals surface area (Å²) < 4.78 is 29.5. The van der Waals surface area contributed by atoms with Crippen LogP contribution >= 0.6 is 23.4 Å². The summed E-state index contributed by atoms with van der Waals surface area (Å²) in [6.07, 6.45) is 0. The van der Waals surface area contributed by atoms with Crippen LogP contribution in [0.4, 0.5) is 11.5 Å². The van der Waals surface area contributed by atoms with E-state index in [4.69, 9.17) is 11.6 Å². The average molecular weight is 578 g/mol. The van der Waals surface area contributed by atoms with Gasteiger partial charge in [0, 0.05) is 16.9 Å². The molecular weight excluding hydrogens is 558 g/mol. The van der Waals surface area contributed by atoms with Crippen LogP contribution in [-0.2, 0) is 14.8 Å². The quantitative estimate of drug-likeness (QED) is 0.236. The number of amides is 1. The number of halogens is 1. The number of carbonyl (C=O) groups is 1. The summed E-state index contributed by atoms with van der Waals surface area (Å²) >= 11 is 6.93. The van der Waals surface area contributed by atoms with Crippen LogP contribution in [0.5, 0.6) is 0 Å². The maximum absolute atomic E-state index is 12.7. The first-order chi connectivity index (χ1) is 18.9. The highest BCUT2D eigenvalue weighted by molar-refractivity contribution is 7.99. The van der Waals surface area contributed by atoms with Gasteiger partial charge in [0.2, 0.25) is 5.91 Å². The topological polar surface area (TPSA) is 132 Å². The largest absolute Gasteiger partial charge is 0.325 e. The summed E-state index contributed by atoms with van der Waals surface area (Å²) in [5, 5.41) is 19.5. The van der Waals surface area contributed by atoms with Crippen LogP contribution in [-0.4, -0.2) is 45.0 Å². The second-order valence-corrected chi connectivity index (χ2v) is 11.1. The summed E-state index contributed by atoms with van der Waals surface area (Å²) in [5.74, 6) is 0.484. The minimum Gasteiger partial charge on any atom is -0.325 e. The van der Waals surface area contributed by atoms with Gasteiger partial charge >= 0.3 is 0 Å². The Morgan fingerprint density at radius 2 is 1.51 bits per heavy atom. The summed E-state index contributed by atoms with van der Waals surface area (Å²) in [5.41, 5.74) is 2.22.